The first-order chi connectivity index (χ1) is 22.4. The molecule has 0 aliphatic carbocycles. The van der Waals surface area contributed by atoms with Crippen LogP contribution in [0.25, 0.3) is 0 Å². The Kier molecular flexibility index (Phi) is 8.76. The van der Waals surface area contributed by atoms with Gasteiger partial charge >= 0.3 is 262 Å². The first-order valence-electron chi connectivity index (χ1n) is 14.7. The Morgan fingerprint density at radius 3 is 1.28 bits per heavy atom. The van der Waals surface area contributed by atoms with Gasteiger partial charge in [-0.1, -0.05) is 0 Å². The van der Waals surface area contributed by atoms with E-state index in [1.165, 1.54) is 24.3 Å². The first-order valence-corrected chi connectivity index (χ1v) is 18.2. The molecule has 0 aliphatic rings. The molecule has 6 rings (SSSR count). The van der Waals surface area contributed by atoms with E-state index < -0.39 is 29.6 Å². The van der Waals surface area contributed by atoms with Gasteiger partial charge in [-0.15, -0.1) is 0 Å². The summed E-state index contributed by atoms with van der Waals surface area (Å²) in [4.78, 5) is 26.7. The van der Waals surface area contributed by atoms with Crippen molar-refractivity contribution in [2.75, 3.05) is 0 Å². The van der Waals surface area contributed by atoms with Gasteiger partial charge in [0.25, 0.3) is 0 Å². The van der Waals surface area contributed by atoms with Crippen molar-refractivity contribution >= 4 is 45.5 Å². The van der Waals surface area contributed by atoms with Gasteiger partial charge in [0.15, 0.2) is 0 Å². The third kappa shape index (κ3) is 5.69. The van der Waals surface area contributed by atoms with Gasteiger partial charge in [-0.05, 0) is 0 Å². The molecule has 0 radical (unpaired) electrons. The zero-order valence-electron chi connectivity index (χ0n) is 24.8. The second-order valence-corrected chi connectivity index (χ2v) is 16.8. The average molecular weight is 643 g/mol. The SMILES string of the molecule is O=C(O)c1ccc(S(=O)c2ccc(C(=O)OP(Cc3ccccc3)(c3ccccc3)(c3ccccc3)c3ccccc3)cc2)cc1. The Hall–Kier alpha value is -5.16. The summed E-state index contributed by atoms with van der Waals surface area (Å²) in [5, 5.41) is 12.0. The monoisotopic (exact) mass is 642 g/mol. The topological polar surface area (TPSA) is 80.7 Å². The van der Waals surface area contributed by atoms with Crippen molar-refractivity contribution in [3.8, 4) is 0 Å². The molecule has 0 aliphatic heterocycles. The number of hydrogen-bond acceptors (Lipinski definition) is 4. The Labute approximate surface area is 270 Å². The van der Waals surface area contributed by atoms with E-state index in [0.717, 1.165) is 21.5 Å². The van der Waals surface area contributed by atoms with Gasteiger partial charge in [-0.3, -0.25) is 0 Å². The van der Waals surface area contributed by atoms with Gasteiger partial charge in [-0.25, -0.2) is 4.79 Å². The van der Waals surface area contributed by atoms with Gasteiger partial charge in [-0.2, -0.15) is 0 Å². The molecule has 1 unspecified atom stereocenters. The second-order valence-electron chi connectivity index (χ2n) is 10.9. The minimum absolute atomic E-state index is 0.117. The summed E-state index contributed by atoms with van der Waals surface area (Å²) < 4.78 is 20.5. The van der Waals surface area contributed by atoms with Crippen LogP contribution in [0.1, 0.15) is 26.3 Å². The molecule has 6 aromatic carbocycles. The first kappa shape index (κ1) is 30.8. The molecular formula is C39H31O5PS. The van der Waals surface area contributed by atoms with Crippen molar-refractivity contribution < 1.29 is 23.4 Å². The molecule has 0 saturated heterocycles. The Morgan fingerprint density at radius 1 is 0.522 bits per heavy atom. The Morgan fingerprint density at radius 2 is 0.891 bits per heavy atom. The van der Waals surface area contributed by atoms with E-state index in [9.17, 15) is 18.9 Å². The number of carboxylic acid groups (broad SMARTS) is 1. The van der Waals surface area contributed by atoms with Crippen molar-refractivity contribution in [3.05, 3.63) is 187 Å². The third-order valence-corrected chi connectivity index (χ3v) is 15.2. The summed E-state index contributed by atoms with van der Waals surface area (Å²) in [7, 11) is -1.57. The fraction of sp³-hybridized carbons (Fsp3) is 0.0256. The maximum atomic E-state index is 14.5. The molecule has 0 amide bonds. The molecule has 6 aromatic rings. The molecular weight excluding hydrogens is 611 g/mol. The van der Waals surface area contributed by atoms with E-state index >= 15 is 0 Å². The van der Waals surface area contributed by atoms with Crippen molar-refractivity contribution in [2.24, 2.45) is 0 Å². The van der Waals surface area contributed by atoms with Gasteiger partial charge < -0.3 is 5.11 Å². The van der Waals surface area contributed by atoms with Crippen LogP contribution in [0, 0.1) is 0 Å². The van der Waals surface area contributed by atoms with Crippen LogP contribution in [0.15, 0.2) is 180 Å². The number of carboxylic acids is 1. The van der Waals surface area contributed by atoms with Crippen LogP contribution in [0.3, 0.4) is 0 Å². The molecule has 7 heteroatoms. The number of hydrogen-bond donors (Lipinski definition) is 1. The predicted molar refractivity (Wildman–Crippen MR) is 185 cm³/mol. The fourth-order valence-electron chi connectivity index (χ4n) is 5.88. The van der Waals surface area contributed by atoms with Crippen molar-refractivity contribution in [1.29, 1.82) is 0 Å². The standard InChI is InChI=1S/C39H31O5PS/c40-38(41)31-21-25-36(26-22-31)46(43)37-27-23-32(24-28-37)39(42)44-45(33-15-7-2-8-16-33,34-17-9-3-10-18-34,35-19-11-4-12-20-35)29-30-13-5-1-6-14-30/h1-28H,29H2,(H,40,41). The summed E-state index contributed by atoms with van der Waals surface area (Å²) in [6.45, 7) is -4.06. The number of aromatic carboxylic acids is 1. The van der Waals surface area contributed by atoms with Crippen LogP contribution in [0.5, 0.6) is 0 Å². The number of carbonyl (C=O) groups excluding carboxylic acids is 1. The summed E-state index contributed by atoms with van der Waals surface area (Å²) in [5.41, 5.74) is 1.47. The van der Waals surface area contributed by atoms with E-state index in [1.54, 1.807) is 24.3 Å². The van der Waals surface area contributed by atoms with Crippen LogP contribution in [-0.2, 0) is 21.5 Å². The van der Waals surface area contributed by atoms with Crippen molar-refractivity contribution in [2.45, 2.75) is 16.0 Å². The van der Waals surface area contributed by atoms with E-state index in [2.05, 4.69) is 48.5 Å². The van der Waals surface area contributed by atoms with Crippen LogP contribution in [0.4, 0.5) is 0 Å². The molecule has 0 aromatic heterocycles. The van der Waals surface area contributed by atoms with E-state index in [-0.39, 0.29) is 5.56 Å². The second kappa shape index (κ2) is 13.1. The zero-order valence-corrected chi connectivity index (χ0v) is 26.5. The fourth-order valence-corrected chi connectivity index (χ4v) is 12.5. The van der Waals surface area contributed by atoms with Crippen LogP contribution < -0.4 is 15.9 Å². The molecule has 1 atom stereocenters. The molecule has 0 fully saturated rings. The summed E-state index contributed by atoms with van der Waals surface area (Å²) in [6, 6.07) is 52.7. The normalized spacial score (nSPS) is 12.7. The summed E-state index contributed by atoms with van der Waals surface area (Å²) in [5.74, 6) is -1.54. The minimum atomic E-state index is -4.06. The van der Waals surface area contributed by atoms with Crippen LogP contribution >= 0.6 is 6.83 Å². The molecule has 0 heterocycles. The number of carbonyl (C=O) groups is 2. The van der Waals surface area contributed by atoms with Crippen LogP contribution in [-0.4, -0.2) is 21.3 Å². The molecule has 1 N–H and O–H groups in total. The quantitative estimate of drug-likeness (QED) is 0.158. The van der Waals surface area contributed by atoms with Crippen molar-refractivity contribution in [3.63, 3.8) is 0 Å². The van der Waals surface area contributed by atoms with Gasteiger partial charge in [0, 0.05) is 0 Å². The Bertz CT molecular complexity index is 1880. The molecule has 46 heavy (non-hydrogen) atoms. The molecule has 0 spiro atoms. The number of benzene rings is 6. The molecule has 5 nitrogen and oxygen atoms in total. The van der Waals surface area contributed by atoms with Gasteiger partial charge in [0.2, 0.25) is 0 Å². The zero-order chi connectivity index (χ0) is 32.0. The van der Waals surface area contributed by atoms with Gasteiger partial charge in [0.05, 0.1) is 0 Å². The van der Waals surface area contributed by atoms with E-state index in [0.29, 0.717) is 21.5 Å². The average Bonchev–Trinajstić information content (AvgIpc) is 3.12. The summed E-state index contributed by atoms with van der Waals surface area (Å²) >= 11 is 0. The van der Waals surface area contributed by atoms with Crippen molar-refractivity contribution in [1.82, 2.24) is 0 Å². The van der Waals surface area contributed by atoms with Crippen LogP contribution in [0.2, 0.25) is 0 Å². The maximum absolute atomic E-state index is 14.5. The molecule has 228 valence electrons. The summed E-state index contributed by atoms with van der Waals surface area (Å²) in [6.07, 6.45) is 0.449. The third-order valence-electron chi connectivity index (χ3n) is 8.14. The van der Waals surface area contributed by atoms with E-state index in [4.69, 9.17) is 4.52 Å². The molecule has 0 saturated carbocycles. The predicted octanol–water partition coefficient (Wildman–Crippen LogP) is 7.35. The number of rotatable bonds is 10. The Balaban J connectivity index is 1.49. The van der Waals surface area contributed by atoms with Gasteiger partial charge in [0.1, 0.15) is 0 Å². The molecule has 0 bridgehead atoms. The van der Waals surface area contributed by atoms with E-state index in [1.807, 2.05) is 72.8 Å².